The maximum absolute atomic E-state index is 13.4. The molecule has 1 N–H and O–H groups in total. The highest BCUT2D eigenvalue weighted by atomic mass is 32.1. The van der Waals surface area contributed by atoms with Gasteiger partial charge in [-0.25, -0.2) is 4.39 Å². The lowest BCUT2D eigenvalue weighted by Gasteiger charge is -2.37. The summed E-state index contributed by atoms with van der Waals surface area (Å²) in [5, 5.41) is 10.3. The second kappa shape index (κ2) is 9.48. The van der Waals surface area contributed by atoms with Crippen LogP contribution in [0.5, 0.6) is 0 Å². The summed E-state index contributed by atoms with van der Waals surface area (Å²) in [4.78, 5) is 7.66. The van der Waals surface area contributed by atoms with E-state index in [9.17, 15) is 4.39 Å². The third-order valence-electron chi connectivity index (χ3n) is 5.97. The van der Waals surface area contributed by atoms with Crippen molar-refractivity contribution in [1.82, 2.24) is 20.4 Å². The fraction of sp³-hybridized carbons (Fsp3) is 0.192. The molecule has 0 amide bonds. The third kappa shape index (κ3) is 4.38. The van der Waals surface area contributed by atoms with E-state index in [0.717, 1.165) is 33.7 Å². The number of aromatic nitrogens is 2. The van der Waals surface area contributed by atoms with Crippen molar-refractivity contribution in [2.75, 3.05) is 0 Å². The number of hydrogen-bond donors (Lipinski definition) is 1. The van der Waals surface area contributed by atoms with E-state index in [-0.39, 0.29) is 11.9 Å². The van der Waals surface area contributed by atoms with Crippen molar-refractivity contribution in [3.63, 3.8) is 0 Å². The molecular formula is C26H23FN4OS2. The molecule has 34 heavy (non-hydrogen) atoms. The van der Waals surface area contributed by atoms with Crippen LogP contribution >= 0.6 is 23.6 Å². The number of nitrogens with one attached hydrogen (secondary N) is 1. The Morgan fingerprint density at radius 1 is 1.09 bits per heavy atom. The van der Waals surface area contributed by atoms with Gasteiger partial charge in [0.15, 0.2) is 5.11 Å². The molecule has 8 heteroatoms. The first-order valence-corrected chi connectivity index (χ1v) is 12.3. The molecule has 172 valence electrons. The zero-order chi connectivity index (χ0) is 23.7. The minimum atomic E-state index is -0.265. The van der Waals surface area contributed by atoms with Crippen molar-refractivity contribution in [3.8, 4) is 10.7 Å². The summed E-state index contributed by atoms with van der Waals surface area (Å²) in [7, 11) is 0. The standard InChI is InChI=1S/C26H23FN4OS2/c1-3-17-6-10-19(11-7-17)23-22(25-29-24(30-32-25)21-5-4-14-34-21)16(2)31(26(33)28-23)15-18-8-12-20(27)13-9-18/h4-14,23H,3,15H2,1-2H3,(H,28,33). The van der Waals surface area contributed by atoms with Gasteiger partial charge in [0.1, 0.15) is 5.82 Å². The number of aryl methyl sites for hydroxylation is 1. The third-order valence-corrected chi connectivity index (χ3v) is 7.17. The lowest BCUT2D eigenvalue weighted by atomic mass is 9.93. The molecule has 1 aliphatic heterocycles. The zero-order valence-corrected chi connectivity index (χ0v) is 20.4. The minimum absolute atomic E-state index is 0.237. The van der Waals surface area contributed by atoms with Gasteiger partial charge >= 0.3 is 0 Å². The Labute approximate surface area is 206 Å². The molecule has 0 bridgehead atoms. The van der Waals surface area contributed by atoms with Gasteiger partial charge in [0.25, 0.3) is 5.89 Å². The fourth-order valence-electron chi connectivity index (χ4n) is 4.06. The Morgan fingerprint density at radius 2 is 1.82 bits per heavy atom. The van der Waals surface area contributed by atoms with Crippen LogP contribution in [0.15, 0.2) is 76.3 Å². The smallest absolute Gasteiger partial charge is 0.258 e. The van der Waals surface area contributed by atoms with Crippen molar-refractivity contribution >= 4 is 34.2 Å². The number of rotatable bonds is 6. The molecule has 3 heterocycles. The van der Waals surface area contributed by atoms with Crippen LogP contribution in [0.1, 0.15) is 42.5 Å². The van der Waals surface area contributed by atoms with Gasteiger partial charge in [-0.05, 0) is 65.8 Å². The Morgan fingerprint density at radius 3 is 2.50 bits per heavy atom. The Hall–Kier alpha value is -3.36. The molecule has 5 nitrogen and oxygen atoms in total. The summed E-state index contributed by atoms with van der Waals surface area (Å²) in [6.45, 7) is 4.64. The average Bonchev–Trinajstić information content (AvgIpc) is 3.55. The fourth-order valence-corrected chi connectivity index (χ4v) is 5.02. The minimum Gasteiger partial charge on any atom is -0.351 e. The number of nitrogens with zero attached hydrogens (tertiary/aromatic N) is 3. The molecule has 0 aliphatic carbocycles. The van der Waals surface area contributed by atoms with Gasteiger partial charge in [-0.2, -0.15) is 4.98 Å². The van der Waals surface area contributed by atoms with E-state index in [1.807, 2.05) is 29.3 Å². The molecule has 2 aromatic heterocycles. The lowest BCUT2D eigenvalue weighted by molar-refractivity contribution is 0.396. The molecule has 5 rings (SSSR count). The van der Waals surface area contributed by atoms with E-state index in [2.05, 4.69) is 41.7 Å². The second-order valence-electron chi connectivity index (χ2n) is 8.09. The predicted octanol–water partition coefficient (Wildman–Crippen LogP) is 6.36. The topological polar surface area (TPSA) is 54.2 Å². The molecule has 4 aromatic rings. The molecule has 0 saturated heterocycles. The number of allylic oxidation sites excluding steroid dienone is 1. The van der Waals surface area contributed by atoms with E-state index < -0.39 is 0 Å². The van der Waals surface area contributed by atoms with Gasteiger partial charge in [0.2, 0.25) is 5.82 Å². The van der Waals surface area contributed by atoms with Crippen LogP contribution in [-0.2, 0) is 13.0 Å². The SMILES string of the molecule is CCc1ccc(C2NC(=S)N(Cc3ccc(F)cc3)C(C)=C2c2nc(-c3cccs3)no2)cc1. The van der Waals surface area contributed by atoms with Gasteiger partial charge in [-0.1, -0.05) is 54.5 Å². The maximum Gasteiger partial charge on any atom is 0.258 e. The van der Waals surface area contributed by atoms with Gasteiger partial charge in [0.05, 0.1) is 16.5 Å². The van der Waals surface area contributed by atoms with E-state index in [4.69, 9.17) is 21.7 Å². The highest BCUT2D eigenvalue weighted by Gasteiger charge is 2.34. The largest absolute Gasteiger partial charge is 0.351 e. The maximum atomic E-state index is 13.4. The highest BCUT2D eigenvalue weighted by molar-refractivity contribution is 7.80. The molecule has 2 aromatic carbocycles. The molecule has 0 saturated carbocycles. The van der Waals surface area contributed by atoms with E-state index >= 15 is 0 Å². The summed E-state index contributed by atoms with van der Waals surface area (Å²) in [5.41, 5.74) is 5.06. The molecule has 1 aliphatic rings. The van der Waals surface area contributed by atoms with Crippen LogP contribution in [-0.4, -0.2) is 20.2 Å². The normalized spacial score (nSPS) is 16.1. The van der Waals surface area contributed by atoms with Crippen LogP contribution in [0.4, 0.5) is 4.39 Å². The molecule has 0 radical (unpaired) electrons. The van der Waals surface area contributed by atoms with Crippen LogP contribution in [0, 0.1) is 5.82 Å². The zero-order valence-electron chi connectivity index (χ0n) is 18.8. The number of thiocarbonyl (C=S) groups is 1. The summed E-state index contributed by atoms with van der Waals surface area (Å²) in [5.74, 6) is 0.742. The van der Waals surface area contributed by atoms with Crippen LogP contribution in [0.2, 0.25) is 0 Å². The van der Waals surface area contributed by atoms with Crippen LogP contribution < -0.4 is 5.32 Å². The van der Waals surface area contributed by atoms with Crippen molar-refractivity contribution in [3.05, 3.63) is 100 Å². The van der Waals surface area contributed by atoms with Crippen LogP contribution in [0.3, 0.4) is 0 Å². The monoisotopic (exact) mass is 490 g/mol. The van der Waals surface area contributed by atoms with Crippen molar-refractivity contribution in [2.45, 2.75) is 32.9 Å². The molecular weight excluding hydrogens is 467 g/mol. The second-order valence-corrected chi connectivity index (χ2v) is 9.42. The van der Waals surface area contributed by atoms with E-state index in [1.54, 1.807) is 23.5 Å². The Bertz CT molecular complexity index is 1330. The lowest BCUT2D eigenvalue weighted by Crippen LogP contribution is -2.45. The van der Waals surface area contributed by atoms with Gasteiger partial charge in [0, 0.05) is 12.2 Å². The average molecular weight is 491 g/mol. The summed E-state index contributed by atoms with van der Waals surface area (Å²) in [6.07, 6.45) is 0.970. The van der Waals surface area contributed by atoms with Crippen molar-refractivity contribution < 1.29 is 8.91 Å². The molecule has 0 fully saturated rings. The highest BCUT2D eigenvalue weighted by Crippen LogP contribution is 2.38. The number of halogens is 1. The predicted molar refractivity (Wildman–Crippen MR) is 136 cm³/mol. The molecule has 1 unspecified atom stereocenters. The number of thiophene rings is 1. The molecule has 0 spiro atoms. The Balaban J connectivity index is 1.58. The number of hydrogen-bond acceptors (Lipinski definition) is 5. The van der Waals surface area contributed by atoms with Crippen molar-refractivity contribution in [2.24, 2.45) is 0 Å². The number of benzene rings is 2. The Kier molecular flexibility index (Phi) is 6.26. The first-order chi connectivity index (χ1) is 16.5. The molecule has 1 atom stereocenters. The van der Waals surface area contributed by atoms with Gasteiger partial charge < -0.3 is 14.7 Å². The van der Waals surface area contributed by atoms with Gasteiger partial charge in [-0.3, -0.25) is 0 Å². The van der Waals surface area contributed by atoms with Crippen molar-refractivity contribution in [1.29, 1.82) is 0 Å². The first-order valence-electron chi connectivity index (χ1n) is 11.0. The van der Waals surface area contributed by atoms with Crippen LogP contribution in [0.25, 0.3) is 16.3 Å². The summed E-state index contributed by atoms with van der Waals surface area (Å²) in [6, 6.07) is 18.6. The summed E-state index contributed by atoms with van der Waals surface area (Å²) >= 11 is 7.33. The summed E-state index contributed by atoms with van der Waals surface area (Å²) < 4.78 is 19.2. The van der Waals surface area contributed by atoms with Gasteiger partial charge in [-0.15, -0.1) is 11.3 Å². The first kappa shape index (κ1) is 22.4. The quantitative estimate of drug-likeness (QED) is 0.317. The van der Waals surface area contributed by atoms with E-state index in [0.29, 0.717) is 23.4 Å². The van der Waals surface area contributed by atoms with E-state index in [1.165, 1.54) is 17.7 Å².